The largest absolute Gasteiger partial charge is 0.481 e. The fourth-order valence-corrected chi connectivity index (χ4v) is 13.2. The average molecular weight is 1180 g/mol. The molecule has 10 rings (SSSR count). The summed E-state index contributed by atoms with van der Waals surface area (Å²) in [6.45, 7) is 23.3. The number of carboxylic acid groups (broad SMARTS) is 4. The van der Waals surface area contributed by atoms with E-state index in [0.717, 1.165) is 106 Å². The first kappa shape index (κ1) is 61.1. The Morgan fingerprint density at radius 1 is 0.379 bits per heavy atom. The van der Waals surface area contributed by atoms with E-state index in [0.29, 0.717) is 73.2 Å². The van der Waals surface area contributed by atoms with Gasteiger partial charge in [-0.3, -0.25) is 19.2 Å². The molecule has 452 valence electrons. The van der Waals surface area contributed by atoms with Gasteiger partial charge in [0.25, 0.3) is 0 Å². The van der Waals surface area contributed by atoms with E-state index in [1.165, 1.54) is 0 Å². The second-order valence-corrected chi connectivity index (χ2v) is 23.6. The zero-order valence-corrected chi connectivity index (χ0v) is 51.2. The van der Waals surface area contributed by atoms with Crippen LogP contribution in [0.25, 0.3) is 88.7 Å². The van der Waals surface area contributed by atoms with Gasteiger partial charge in [-0.25, -0.2) is 19.9 Å². The number of hydrogen-bond donors (Lipinski definition) is 11. The Morgan fingerprint density at radius 2 is 0.701 bits per heavy atom. The monoisotopic (exact) mass is 1180 g/mol. The highest BCUT2D eigenvalue weighted by Crippen LogP contribution is 2.42. The molecule has 0 spiro atoms. The minimum absolute atomic E-state index is 0.116. The van der Waals surface area contributed by atoms with Crippen LogP contribution in [0.3, 0.4) is 0 Å². The van der Waals surface area contributed by atoms with Gasteiger partial charge in [0.05, 0.1) is 57.8 Å². The van der Waals surface area contributed by atoms with E-state index in [4.69, 9.17) is 19.9 Å². The van der Waals surface area contributed by atoms with Crippen LogP contribution in [0.4, 0.5) is 0 Å². The van der Waals surface area contributed by atoms with Crippen LogP contribution in [0.15, 0.2) is 48.5 Å². The van der Waals surface area contributed by atoms with Crippen molar-refractivity contribution in [2.24, 2.45) is 0 Å². The van der Waals surface area contributed by atoms with Crippen molar-refractivity contribution in [2.45, 2.75) is 159 Å². The van der Waals surface area contributed by atoms with Crippen LogP contribution < -0.4 is 5.32 Å². The first-order valence-corrected chi connectivity index (χ1v) is 29.5. The van der Waals surface area contributed by atoms with Gasteiger partial charge < -0.3 is 55.9 Å². The van der Waals surface area contributed by atoms with Crippen LogP contribution in [0, 0.1) is 27.7 Å². The maximum absolute atomic E-state index is 12.2. The van der Waals surface area contributed by atoms with E-state index < -0.39 is 36.1 Å². The van der Waals surface area contributed by atoms with Gasteiger partial charge in [0.1, 0.15) is 0 Å². The van der Waals surface area contributed by atoms with Gasteiger partial charge in [-0.05, 0) is 235 Å². The molecule has 0 radical (unpaired) electrons. The number of aromatic nitrogens is 8. The molecule has 4 aliphatic rings. The number of hydrogen-bond acceptors (Lipinski definition) is 11. The third-order valence-electron chi connectivity index (χ3n) is 17.8. The van der Waals surface area contributed by atoms with Gasteiger partial charge in [-0.15, -0.1) is 0 Å². The molecule has 6 aromatic heterocycles. The highest BCUT2D eigenvalue weighted by Gasteiger charge is 2.28. The molecule has 87 heavy (non-hydrogen) atoms. The Balaban J connectivity index is 1.20. The lowest BCUT2D eigenvalue weighted by molar-refractivity contribution is -0.137. The maximum atomic E-state index is 12.2. The maximum Gasteiger partial charge on any atom is 0.303 e. The summed E-state index contributed by atoms with van der Waals surface area (Å²) < 4.78 is 0. The number of fused-ring (bicyclic) bond motifs is 16. The number of carboxylic acids is 4. The second kappa shape index (κ2) is 24.0. The minimum Gasteiger partial charge on any atom is -0.481 e. The number of aromatic amines is 4. The molecule has 0 amide bonds. The number of rotatable bonds is 18. The van der Waals surface area contributed by atoms with E-state index in [1.54, 1.807) is 13.8 Å². The smallest absolute Gasteiger partial charge is 0.303 e. The van der Waals surface area contributed by atoms with Crippen LogP contribution in [-0.2, 0) is 25.6 Å². The summed E-state index contributed by atoms with van der Waals surface area (Å²) in [5.41, 5.74) is 23.3. The summed E-state index contributed by atoms with van der Waals surface area (Å²) in [7, 11) is 0. The van der Waals surface area contributed by atoms with Crippen LogP contribution in [0.1, 0.15) is 209 Å². The van der Waals surface area contributed by atoms with Crippen LogP contribution in [0.5, 0.6) is 0 Å². The van der Waals surface area contributed by atoms with Gasteiger partial charge in [0.2, 0.25) is 0 Å². The molecule has 16 bridgehead atoms. The van der Waals surface area contributed by atoms with Crippen molar-refractivity contribution < 1.29 is 49.8 Å². The summed E-state index contributed by atoms with van der Waals surface area (Å²) >= 11 is 0. The van der Waals surface area contributed by atoms with Gasteiger partial charge >= 0.3 is 23.9 Å². The van der Waals surface area contributed by atoms with Gasteiger partial charge in [0, 0.05) is 93.0 Å². The predicted octanol–water partition coefficient (Wildman–Crippen LogP) is 13.4. The van der Waals surface area contributed by atoms with Gasteiger partial charge in [-0.2, -0.15) is 0 Å². The summed E-state index contributed by atoms with van der Waals surface area (Å²) in [6, 6.07) is 14.7. The van der Waals surface area contributed by atoms with Crippen LogP contribution >= 0.6 is 0 Å². The van der Waals surface area contributed by atoms with Gasteiger partial charge in [0.15, 0.2) is 0 Å². The minimum atomic E-state index is -0.959. The lowest BCUT2D eigenvalue weighted by atomic mass is 9.97. The van der Waals surface area contributed by atoms with Crippen molar-refractivity contribution in [3.8, 4) is 0 Å². The Morgan fingerprint density at radius 3 is 1.13 bits per heavy atom. The quantitative estimate of drug-likeness (QED) is 0.0381. The van der Waals surface area contributed by atoms with Crippen molar-refractivity contribution >= 4 is 113 Å². The van der Waals surface area contributed by atoms with E-state index in [1.807, 2.05) is 104 Å². The molecule has 10 heterocycles. The highest BCUT2D eigenvalue weighted by molar-refractivity contribution is 5.99. The first-order valence-electron chi connectivity index (χ1n) is 29.5. The van der Waals surface area contributed by atoms with Crippen molar-refractivity contribution in [1.82, 2.24) is 45.2 Å². The summed E-state index contributed by atoms with van der Waals surface area (Å²) in [6.07, 6.45) is -1.44. The molecule has 4 atom stereocenters. The van der Waals surface area contributed by atoms with E-state index in [9.17, 15) is 49.8 Å². The standard InChI is InChI=1S/C68H75N9O10/c1-29-41(13-17-61(80)81)53-27-55-43(15-19-63(84)85)31(3)47(72-55)23-57-65(33(5)51(74-57)25-59-67(39(11)78)35(7)49(76-59)21-45(29)70-53)37(9)69-38(10)66-34(6)52-26-60-68(40(12)79)36(8)50(77-60)22-46-30(2)42(14-18-62(82)83)54(71-46)28-56-44(16-20-64(86)87)32(4)48(73-56)24-58(66)75-52/h21-28,37-40,69-70,74-75,77-79H,13-20H2,1-12H3,(H,80,81)(H,82,83)(H,84,85)(H,86,87). The van der Waals surface area contributed by atoms with Crippen LogP contribution in [-0.4, -0.2) is 100 Å². The molecule has 0 saturated carbocycles. The van der Waals surface area contributed by atoms with Crippen LogP contribution in [0.2, 0.25) is 0 Å². The number of allylic oxidation sites excluding steroid dienone is 7. The number of nitrogens with zero attached hydrogens (tertiary/aromatic N) is 4. The Hall–Kier alpha value is -9.04. The SMILES string of the molecule is CC1=C(CCC(=O)O)c2cc3nc(cc4[nH]c(cc5[nH]c(cc1n2)c(C)c5C(C)O)c(C)c4C(C)NC(C)c1c(C)c2cc4nc(cc5[nH]c(cc6nc(cc1[nH]2)C(C)=C6CCC(=O)O)c(CCC(=O)O)c5C)C(C)=C4C(C)O)C(C)=C3CCC(=O)O. The Bertz CT molecular complexity index is 4420. The molecule has 0 fully saturated rings. The molecule has 6 aromatic rings. The van der Waals surface area contributed by atoms with Crippen molar-refractivity contribution in [3.05, 3.63) is 139 Å². The Labute approximate surface area is 502 Å². The first-order chi connectivity index (χ1) is 41.2. The zero-order valence-electron chi connectivity index (χ0n) is 51.2. The number of H-pyrrole nitrogens is 4. The number of nitrogens with one attached hydrogen (secondary N) is 5. The number of aryl methyl sites for hydroxylation is 5. The van der Waals surface area contributed by atoms with Crippen molar-refractivity contribution in [1.29, 1.82) is 0 Å². The third-order valence-corrected chi connectivity index (χ3v) is 17.8. The molecule has 19 nitrogen and oxygen atoms in total. The summed E-state index contributed by atoms with van der Waals surface area (Å²) in [5.74, 6) is -3.81. The summed E-state index contributed by atoms with van der Waals surface area (Å²) in [4.78, 5) is 83.5. The predicted molar refractivity (Wildman–Crippen MR) is 340 cm³/mol. The lowest BCUT2D eigenvalue weighted by Crippen LogP contribution is -2.23. The molecular weight excluding hydrogens is 1100 g/mol. The molecule has 4 unspecified atom stereocenters. The molecule has 19 heteroatoms. The fourth-order valence-electron chi connectivity index (χ4n) is 13.2. The zero-order chi connectivity index (χ0) is 62.8. The van der Waals surface area contributed by atoms with Gasteiger partial charge in [-0.1, -0.05) is 0 Å². The third kappa shape index (κ3) is 11.9. The van der Waals surface area contributed by atoms with E-state index in [2.05, 4.69) is 39.1 Å². The second-order valence-electron chi connectivity index (χ2n) is 23.6. The topological polar surface area (TPSA) is 316 Å². The number of carbonyl (C=O) groups is 4. The highest BCUT2D eigenvalue weighted by atomic mass is 16.4. The van der Waals surface area contributed by atoms with Crippen molar-refractivity contribution in [2.75, 3.05) is 0 Å². The lowest BCUT2D eigenvalue weighted by Gasteiger charge is -2.21. The fraction of sp³-hybridized carbons (Fsp3) is 0.353. The van der Waals surface area contributed by atoms with E-state index >= 15 is 0 Å². The number of aliphatic hydroxyl groups excluding tert-OH is 2. The van der Waals surface area contributed by atoms with E-state index in [-0.39, 0.29) is 63.5 Å². The normalized spacial score (nSPS) is 15.0. The number of aliphatic carboxylic acids is 4. The molecule has 11 N–H and O–H groups in total. The molecule has 0 aliphatic carbocycles. The molecule has 0 saturated heterocycles. The molecule has 0 aromatic carbocycles. The molecule has 4 aliphatic heterocycles. The molecular formula is C68H75N9O10. The van der Waals surface area contributed by atoms with Crippen molar-refractivity contribution in [3.63, 3.8) is 0 Å². The number of aliphatic hydroxyl groups is 2. The average Bonchev–Trinajstić information content (AvgIpc) is 2.66. The Kier molecular flexibility index (Phi) is 16.9. The summed E-state index contributed by atoms with van der Waals surface area (Å²) in [5, 5.41) is 66.3.